The Balaban J connectivity index is 2.11. The predicted octanol–water partition coefficient (Wildman–Crippen LogP) is 1.24. The molecule has 1 N–H and O–H groups in total. The van der Waals surface area contributed by atoms with Crippen molar-refractivity contribution in [2.75, 3.05) is 26.3 Å². The van der Waals surface area contributed by atoms with Crippen molar-refractivity contribution in [1.82, 2.24) is 9.62 Å². The Labute approximate surface area is 131 Å². The molecule has 0 aromatic heterocycles. The highest BCUT2D eigenvalue weighted by Crippen LogP contribution is 2.14. The average molecular weight is 326 g/mol. The first kappa shape index (κ1) is 16.9. The third-order valence-corrected chi connectivity index (χ3v) is 5.28. The maximum atomic E-state index is 12.3. The summed E-state index contributed by atoms with van der Waals surface area (Å²) >= 11 is 0. The van der Waals surface area contributed by atoms with E-state index in [2.05, 4.69) is 4.72 Å². The molecule has 1 saturated heterocycles. The van der Waals surface area contributed by atoms with Crippen molar-refractivity contribution in [3.05, 3.63) is 29.8 Å². The van der Waals surface area contributed by atoms with Crippen LogP contribution in [0.15, 0.2) is 29.2 Å². The van der Waals surface area contributed by atoms with Crippen LogP contribution in [0, 0.1) is 0 Å². The van der Waals surface area contributed by atoms with Crippen LogP contribution in [-0.4, -0.2) is 51.6 Å². The van der Waals surface area contributed by atoms with E-state index in [0.717, 1.165) is 0 Å². The van der Waals surface area contributed by atoms with Crippen molar-refractivity contribution in [3.8, 4) is 0 Å². The Hall–Kier alpha value is -1.44. The molecule has 6 nitrogen and oxygen atoms in total. The van der Waals surface area contributed by atoms with E-state index < -0.39 is 10.0 Å². The van der Waals surface area contributed by atoms with E-state index >= 15 is 0 Å². The summed E-state index contributed by atoms with van der Waals surface area (Å²) in [6.45, 7) is 5.93. The van der Waals surface area contributed by atoms with Crippen molar-refractivity contribution in [3.63, 3.8) is 0 Å². The first-order valence-electron chi connectivity index (χ1n) is 7.43. The van der Waals surface area contributed by atoms with Crippen LogP contribution in [0.2, 0.25) is 0 Å². The second kappa shape index (κ2) is 7.21. The molecule has 0 radical (unpaired) electrons. The first-order valence-corrected chi connectivity index (χ1v) is 8.92. The SMILES string of the molecule is CCC(C)NS(=O)(=O)c1ccc(C(=O)N2CCOCC2)cc1. The smallest absolute Gasteiger partial charge is 0.254 e. The lowest BCUT2D eigenvalue weighted by molar-refractivity contribution is 0.0303. The molecule has 1 aliphatic heterocycles. The first-order chi connectivity index (χ1) is 10.4. The Morgan fingerprint density at radius 3 is 2.41 bits per heavy atom. The van der Waals surface area contributed by atoms with Crippen molar-refractivity contribution in [1.29, 1.82) is 0 Å². The number of morpholine rings is 1. The molecule has 0 spiro atoms. The molecule has 0 aliphatic carbocycles. The van der Waals surface area contributed by atoms with Gasteiger partial charge in [-0.25, -0.2) is 13.1 Å². The summed E-state index contributed by atoms with van der Waals surface area (Å²) in [5, 5.41) is 0. The molecule has 122 valence electrons. The number of amides is 1. The van der Waals surface area contributed by atoms with Gasteiger partial charge in [0.15, 0.2) is 0 Å². The molecule has 22 heavy (non-hydrogen) atoms. The Kier molecular flexibility index (Phi) is 5.55. The quantitative estimate of drug-likeness (QED) is 0.883. The normalized spacial score (nSPS) is 17.3. The van der Waals surface area contributed by atoms with E-state index in [1.54, 1.807) is 17.0 Å². The fourth-order valence-corrected chi connectivity index (χ4v) is 3.47. The molecule has 0 bridgehead atoms. The third-order valence-electron chi connectivity index (χ3n) is 3.68. The number of rotatable bonds is 5. The van der Waals surface area contributed by atoms with Gasteiger partial charge < -0.3 is 9.64 Å². The van der Waals surface area contributed by atoms with Crippen LogP contribution < -0.4 is 4.72 Å². The predicted molar refractivity (Wildman–Crippen MR) is 83.2 cm³/mol. The van der Waals surface area contributed by atoms with Crippen LogP contribution in [0.5, 0.6) is 0 Å². The number of nitrogens with one attached hydrogen (secondary N) is 1. The van der Waals surface area contributed by atoms with Crippen molar-refractivity contribution in [2.24, 2.45) is 0 Å². The number of ether oxygens (including phenoxy) is 1. The maximum absolute atomic E-state index is 12.3. The summed E-state index contributed by atoms with van der Waals surface area (Å²) < 4.78 is 32.1. The van der Waals surface area contributed by atoms with Gasteiger partial charge in [0, 0.05) is 24.7 Å². The number of carbonyl (C=O) groups excluding carboxylic acids is 1. The maximum Gasteiger partial charge on any atom is 0.254 e. The molecule has 7 heteroatoms. The monoisotopic (exact) mass is 326 g/mol. The van der Waals surface area contributed by atoms with Gasteiger partial charge in [-0.15, -0.1) is 0 Å². The number of nitrogens with zero attached hydrogens (tertiary/aromatic N) is 1. The molecular formula is C15H22N2O4S. The molecule has 1 atom stereocenters. The highest BCUT2D eigenvalue weighted by molar-refractivity contribution is 7.89. The number of hydrogen-bond donors (Lipinski definition) is 1. The fraction of sp³-hybridized carbons (Fsp3) is 0.533. The molecule has 1 fully saturated rings. The van der Waals surface area contributed by atoms with Gasteiger partial charge in [0.05, 0.1) is 18.1 Å². The van der Waals surface area contributed by atoms with Gasteiger partial charge in [-0.3, -0.25) is 4.79 Å². The summed E-state index contributed by atoms with van der Waals surface area (Å²) in [6.07, 6.45) is 0.715. The molecular weight excluding hydrogens is 304 g/mol. The minimum atomic E-state index is -3.53. The van der Waals surface area contributed by atoms with E-state index in [1.165, 1.54) is 12.1 Å². The highest BCUT2D eigenvalue weighted by Gasteiger charge is 2.20. The second-order valence-electron chi connectivity index (χ2n) is 5.36. The fourth-order valence-electron chi connectivity index (χ4n) is 2.14. The van der Waals surface area contributed by atoms with Gasteiger partial charge in [0.1, 0.15) is 0 Å². The van der Waals surface area contributed by atoms with Gasteiger partial charge >= 0.3 is 0 Å². The zero-order chi connectivity index (χ0) is 16.2. The zero-order valence-electron chi connectivity index (χ0n) is 12.9. The van der Waals surface area contributed by atoms with E-state index in [-0.39, 0.29) is 16.8 Å². The summed E-state index contributed by atoms with van der Waals surface area (Å²) in [6, 6.07) is 5.93. The van der Waals surface area contributed by atoms with Crippen LogP contribution >= 0.6 is 0 Å². The minimum Gasteiger partial charge on any atom is -0.378 e. The Morgan fingerprint density at radius 2 is 1.86 bits per heavy atom. The number of hydrogen-bond acceptors (Lipinski definition) is 4. The lowest BCUT2D eigenvalue weighted by Gasteiger charge is -2.26. The van der Waals surface area contributed by atoms with Gasteiger partial charge in [-0.1, -0.05) is 6.92 Å². The molecule has 1 aromatic rings. The molecule has 1 aliphatic rings. The Bertz CT molecular complexity index is 607. The molecule has 1 amide bonds. The largest absolute Gasteiger partial charge is 0.378 e. The standard InChI is InChI=1S/C15H22N2O4S/c1-3-12(2)16-22(19,20)14-6-4-13(5-7-14)15(18)17-8-10-21-11-9-17/h4-7,12,16H,3,8-11H2,1-2H3. The Morgan fingerprint density at radius 1 is 1.27 bits per heavy atom. The molecule has 1 heterocycles. The number of sulfonamides is 1. The van der Waals surface area contributed by atoms with Gasteiger partial charge in [-0.05, 0) is 37.6 Å². The van der Waals surface area contributed by atoms with Crippen LogP contribution in [0.1, 0.15) is 30.6 Å². The second-order valence-corrected chi connectivity index (χ2v) is 7.07. The average Bonchev–Trinajstić information content (AvgIpc) is 2.54. The van der Waals surface area contributed by atoms with Crippen LogP contribution in [0.3, 0.4) is 0 Å². The van der Waals surface area contributed by atoms with Crippen LogP contribution in [-0.2, 0) is 14.8 Å². The van der Waals surface area contributed by atoms with Crippen molar-refractivity contribution >= 4 is 15.9 Å². The molecule has 1 aromatic carbocycles. The minimum absolute atomic E-state index is 0.0952. The van der Waals surface area contributed by atoms with Crippen molar-refractivity contribution < 1.29 is 17.9 Å². The summed E-state index contributed by atoms with van der Waals surface area (Å²) in [5.41, 5.74) is 0.490. The number of carbonyl (C=O) groups is 1. The van der Waals surface area contributed by atoms with Gasteiger partial charge in [-0.2, -0.15) is 0 Å². The highest BCUT2D eigenvalue weighted by atomic mass is 32.2. The third kappa shape index (κ3) is 4.06. The van der Waals surface area contributed by atoms with Gasteiger partial charge in [0.2, 0.25) is 10.0 Å². The molecule has 0 saturated carbocycles. The zero-order valence-corrected chi connectivity index (χ0v) is 13.7. The van der Waals surface area contributed by atoms with E-state index in [0.29, 0.717) is 38.3 Å². The summed E-state index contributed by atoms with van der Waals surface area (Å²) in [5.74, 6) is -0.0952. The topological polar surface area (TPSA) is 75.7 Å². The van der Waals surface area contributed by atoms with Crippen molar-refractivity contribution in [2.45, 2.75) is 31.2 Å². The lowest BCUT2D eigenvalue weighted by Crippen LogP contribution is -2.40. The summed E-state index contributed by atoms with van der Waals surface area (Å²) in [7, 11) is -3.53. The van der Waals surface area contributed by atoms with E-state index in [9.17, 15) is 13.2 Å². The van der Waals surface area contributed by atoms with Gasteiger partial charge in [0.25, 0.3) is 5.91 Å². The molecule has 2 rings (SSSR count). The van der Waals surface area contributed by atoms with E-state index in [4.69, 9.17) is 4.74 Å². The van der Waals surface area contributed by atoms with E-state index in [1.807, 2.05) is 13.8 Å². The van der Waals surface area contributed by atoms with Crippen LogP contribution in [0.25, 0.3) is 0 Å². The number of benzene rings is 1. The van der Waals surface area contributed by atoms with Crippen LogP contribution in [0.4, 0.5) is 0 Å². The molecule has 1 unspecified atom stereocenters. The summed E-state index contributed by atoms with van der Waals surface area (Å²) in [4.78, 5) is 14.2. The lowest BCUT2D eigenvalue weighted by atomic mass is 10.2.